The molecule has 0 saturated heterocycles. The molecule has 27 heavy (non-hydrogen) atoms. The number of carbonyl (C=O) groups excluding carboxylic acids is 1. The topological polar surface area (TPSA) is 82.2 Å². The van der Waals surface area contributed by atoms with E-state index in [0.717, 1.165) is 4.68 Å². The molecule has 3 N–H and O–H groups in total. The van der Waals surface area contributed by atoms with E-state index in [1.54, 1.807) is 38.1 Å². The van der Waals surface area contributed by atoms with Gasteiger partial charge in [-0.2, -0.15) is 18.3 Å². The minimum absolute atomic E-state index is 0.330. The number of amides is 1. The summed E-state index contributed by atoms with van der Waals surface area (Å²) >= 11 is 0. The standard InChI is InChI=1S/C18H23F3N4O2/c1-11(16-12(2)24-25(13(16)3)10-18(19,20)21)17(26)23-14-4-6-15(7-5-14)27-9-8-22/h4-7,11H,8-10,22H2,1-3H3,(H,23,26). The first kappa shape index (κ1) is 20.8. The van der Waals surface area contributed by atoms with E-state index in [4.69, 9.17) is 10.5 Å². The smallest absolute Gasteiger partial charge is 0.408 e. The van der Waals surface area contributed by atoms with Gasteiger partial charge in [-0.05, 0) is 45.0 Å². The molecule has 0 radical (unpaired) electrons. The molecule has 1 heterocycles. The Morgan fingerprint density at radius 2 is 1.93 bits per heavy atom. The molecular weight excluding hydrogens is 361 g/mol. The molecule has 0 aliphatic rings. The number of rotatable bonds is 7. The highest BCUT2D eigenvalue weighted by atomic mass is 19.4. The first-order valence-electron chi connectivity index (χ1n) is 8.47. The van der Waals surface area contributed by atoms with Crippen LogP contribution in [0.1, 0.15) is 29.8 Å². The van der Waals surface area contributed by atoms with Crippen molar-refractivity contribution in [1.82, 2.24) is 9.78 Å². The highest BCUT2D eigenvalue weighted by Crippen LogP contribution is 2.27. The maximum atomic E-state index is 12.7. The number of aryl methyl sites for hydroxylation is 1. The predicted octanol–water partition coefficient (Wildman–Crippen LogP) is 3.14. The first-order valence-corrected chi connectivity index (χ1v) is 8.47. The lowest BCUT2D eigenvalue weighted by atomic mass is 9.98. The van der Waals surface area contributed by atoms with Crippen LogP contribution < -0.4 is 15.8 Å². The van der Waals surface area contributed by atoms with Crippen LogP contribution in [0.5, 0.6) is 5.75 Å². The fraction of sp³-hybridized carbons (Fsp3) is 0.444. The Bertz CT molecular complexity index is 785. The molecular formula is C18H23F3N4O2. The van der Waals surface area contributed by atoms with Crippen molar-refractivity contribution < 1.29 is 22.7 Å². The fourth-order valence-corrected chi connectivity index (χ4v) is 2.85. The van der Waals surface area contributed by atoms with Gasteiger partial charge in [-0.3, -0.25) is 9.48 Å². The third-order valence-electron chi connectivity index (χ3n) is 4.10. The van der Waals surface area contributed by atoms with Gasteiger partial charge in [-0.1, -0.05) is 0 Å². The summed E-state index contributed by atoms with van der Waals surface area (Å²) in [5.41, 5.74) is 7.17. The molecule has 1 unspecified atom stereocenters. The first-order chi connectivity index (χ1) is 12.6. The van der Waals surface area contributed by atoms with Gasteiger partial charge in [0, 0.05) is 23.5 Å². The lowest BCUT2D eigenvalue weighted by molar-refractivity contribution is -0.143. The predicted molar refractivity (Wildman–Crippen MR) is 95.8 cm³/mol. The van der Waals surface area contributed by atoms with Gasteiger partial charge in [0.2, 0.25) is 5.91 Å². The van der Waals surface area contributed by atoms with E-state index in [1.807, 2.05) is 0 Å². The van der Waals surface area contributed by atoms with Gasteiger partial charge in [-0.25, -0.2) is 0 Å². The lowest BCUT2D eigenvalue weighted by Gasteiger charge is -2.14. The Labute approximate surface area is 155 Å². The van der Waals surface area contributed by atoms with Gasteiger partial charge in [0.1, 0.15) is 18.9 Å². The van der Waals surface area contributed by atoms with E-state index in [0.29, 0.717) is 41.5 Å². The van der Waals surface area contributed by atoms with Crippen molar-refractivity contribution in [3.63, 3.8) is 0 Å². The van der Waals surface area contributed by atoms with Gasteiger partial charge >= 0.3 is 6.18 Å². The number of benzene rings is 1. The van der Waals surface area contributed by atoms with Gasteiger partial charge in [-0.15, -0.1) is 0 Å². The minimum Gasteiger partial charge on any atom is -0.492 e. The minimum atomic E-state index is -4.38. The van der Waals surface area contributed by atoms with E-state index in [2.05, 4.69) is 10.4 Å². The molecule has 148 valence electrons. The summed E-state index contributed by atoms with van der Waals surface area (Å²) in [6.45, 7) is 4.39. The van der Waals surface area contributed by atoms with Crippen molar-refractivity contribution in [3.05, 3.63) is 41.2 Å². The van der Waals surface area contributed by atoms with E-state index in [9.17, 15) is 18.0 Å². The molecule has 1 atom stereocenters. The number of hydrogen-bond donors (Lipinski definition) is 2. The molecule has 0 bridgehead atoms. The Morgan fingerprint density at radius 3 is 2.48 bits per heavy atom. The monoisotopic (exact) mass is 384 g/mol. The molecule has 0 aliphatic carbocycles. The zero-order valence-electron chi connectivity index (χ0n) is 15.4. The number of alkyl halides is 3. The average Bonchev–Trinajstić information content (AvgIpc) is 2.85. The zero-order valence-corrected chi connectivity index (χ0v) is 15.4. The van der Waals surface area contributed by atoms with Crippen LogP contribution in [0.2, 0.25) is 0 Å². The highest BCUT2D eigenvalue weighted by Gasteiger charge is 2.31. The Kier molecular flexibility index (Phi) is 6.48. The number of hydrogen-bond acceptors (Lipinski definition) is 4. The Morgan fingerprint density at radius 1 is 1.30 bits per heavy atom. The van der Waals surface area contributed by atoms with Gasteiger partial charge in [0.15, 0.2) is 0 Å². The number of nitrogens with one attached hydrogen (secondary N) is 1. The normalized spacial score (nSPS) is 12.7. The second-order valence-corrected chi connectivity index (χ2v) is 6.23. The second-order valence-electron chi connectivity index (χ2n) is 6.23. The Hall–Kier alpha value is -2.55. The molecule has 0 spiro atoms. The summed E-state index contributed by atoms with van der Waals surface area (Å²) in [6, 6.07) is 6.77. The largest absolute Gasteiger partial charge is 0.492 e. The number of nitrogens with two attached hydrogens (primary N) is 1. The SMILES string of the molecule is Cc1nn(CC(F)(F)F)c(C)c1C(C)C(=O)Nc1ccc(OCCN)cc1. The Balaban J connectivity index is 2.11. The van der Waals surface area contributed by atoms with Crippen molar-refractivity contribution in [2.45, 2.75) is 39.4 Å². The number of nitrogens with zero attached hydrogens (tertiary/aromatic N) is 2. The molecule has 2 aromatic rings. The number of ether oxygens (including phenoxy) is 1. The molecule has 1 amide bonds. The van der Waals surface area contributed by atoms with Crippen molar-refractivity contribution in [2.75, 3.05) is 18.5 Å². The van der Waals surface area contributed by atoms with Crippen molar-refractivity contribution in [1.29, 1.82) is 0 Å². The summed E-state index contributed by atoms with van der Waals surface area (Å²) in [5, 5.41) is 6.69. The van der Waals surface area contributed by atoms with E-state index < -0.39 is 18.6 Å². The second kappa shape index (κ2) is 8.43. The highest BCUT2D eigenvalue weighted by molar-refractivity contribution is 5.95. The summed E-state index contributed by atoms with van der Waals surface area (Å²) in [7, 11) is 0. The summed E-state index contributed by atoms with van der Waals surface area (Å²) in [4.78, 5) is 12.6. The van der Waals surface area contributed by atoms with Crippen LogP contribution in [-0.4, -0.2) is 35.0 Å². The number of carbonyl (C=O) groups is 1. The quantitative estimate of drug-likeness (QED) is 0.768. The molecule has 0 fully saturated rings. The molecule has 1 aromatic carbocycles. The van der Waals surface area contributed by atoms with Crippen LogP contribution >= 0.6 is 0 Å². The van der Waals surface area contributed by atoms with Crippen molar-refractivity contribution in [3.8, 4) is 5.75 Å². The summed E-state index contributed by atoms with van der Waals surface area (Å²) in [5.74, 6) is -0.352. The molecule has 0 saturated carbocycles. The van der Waals surface area contributed by atoms with Crippen molar-refractivity contribution in [2.24, 2.45) is 5.73 Å². The van der Waals surface area contributed by atoms with Crippen molar-refractivity contribution >= 4 is 11.6 Å². The van der Waals surface area contributed by atoms with Crippen LogP contribution in [0.3, 0.4) is 0 Å². The zero-order chi connectivity index (χ0) is 20.2. The van der Waals surface area contributed by atoms with Gasteiger partial charge in [0.05, 0.1) is 11.6 Å². The molecule has 2 rings (SSSR count). The van der Waals surface area contributed by atoms with Crippen LogP contribution in [0, 0.1) is 13.8 Å². The maximum Gasteiger partial charge on any atom is 0.408 e. The number of halogens is 3. The van der Waals surface area contributed by atoms with Gasteiger partial charge in [0.25, 0.3) is 0 Å². The number of anilines is 1. The summed E-state index contributed by atoms with van der Waals surface area (Å²) in [6.07, 6.45) is -4.38. The number of aromatic nitrogens is 2. The molecule has 6 nitrogen and oxygen atoms in total. The third kappa shape index (κ3) is 5.46. The molecule has 0 aliphatic heterocycles. The van der Waals surface area contributed by atoms with E-state index in [-0.39, 0.29) is 5.91 Å². The molecule has 1 aromatic heterocycles. The van der Waals surface area contributed by atoms with E-state index >= 15 is 0 Å². The average molecular weight is 384 g/mol. The maximum absolute atomic E-state index is 12.7. The third-order valence-corrected chi connectivity index (χ3v) is 4.10. The van der Waals surface area contributed by atoms with Gasteiger partial charge < -0.3 is 15.8 Å². The van der Waals surface area contributed by atoms with Crippen LogP contribution in [-0.2, 0) is 11.3 Å². The lowest BCUT2D eigenvalue weighted by Crippen LogP contribution is -2.21. The van der Waals surface area contributed by atoms with Crippen LogP contribution in [0.15, 0.2) is 24.3 Å². The van der Waals surface area contributed by atoms with Crippen LogP contribution in [0.4, 0.5) is 18.9 Å². The summed E-state index contributed by atoms with van der Waals surface area (Å²) < 4.78 is 44.2. The van der Waals surface area contributed by atoms with E-state index in [1.165, 1.54) is 6.92 Å². The van der Waals surface area contributed by atoms with Crippen LogP contribution in [0.25, 0.3) is 0 Å². The molecule has 9 heteroatoms. The fourth-order valence-electron chi connectivity index (χ4n) is 2.85.